The summed E-state index contributed by atoms with van der Waals surface area (Å²) in [4.78, 5) is 15.7. The Morgan fingerprint density at radius 1 is 1.18 bits per heavy atom. The molecule has 7 nitrogen and oxygen atoms in total. The van der Waals surface area contributed by atoms with Crippen molar-refractivity contribution in [1.82, 2.24) is 10.3 Å². The van der Waals surface area contributed by atoms with Crippen molar-refractivity contribution < 1.29 is 4.79 Å². The second-order valence-electron chi connectivity index (χ2n) is 7.45. The summed E-state index contributed by atoms with van der Waals surface area (Å²) >= 11 is 0. The Labute approximate surface area is 166 Å². The van der Waals surface area contributed by atoms with Crippen molar-refractivity contribution in [2.24, 2.45) is 5.73 Å². The van der Waals surface area contributed by atoms with E-state index in [1.54, 1.807) is 0 Å². The van der Waals surface area contributed by atoms with E-state index in [-0.39, 0.29) is 18.6 Å². The van der Waals surface area contributed by atoms with Crippen LogP contribution in [0.4, 0.5) is 17.2 Å². The minimum absolute atomic E-state index is 0.0562. The Hall–Kier alpha value is -2.54. The molecule has 0 saturated heterocycles. The molecule has 3 rings (SSSR count). The Kier molecular flexibility index (Phi) is 6.92. The number of hydrogen-bond donors (Lipinski definition) is 5. The molecule has 2 heterocycles. The zero-order valence-corrected chi connectivity index (χ0v) is 16.7. The number of amides is 1. The third-order valence-corrected chi connectivity index (χ3v) is 5.21. The molecular weight excluding hydrogens is 352 g/mol. The van der Waals surface area contributed by atoms with Gasteiger partial charge in [0.2, 0.25) is 5.91 Å². The van der Waals surface area contributed by atoms with Crippen LogP contribution in [-0.2, 0) is 11.2 Å². The molecule has 0 aliphatic carbocycles. The lowest BCUT2D eigenvalue weighted by Crippen LogP contribution is -2.30. The highest BCUT2D eigenvalue weighted by atomic mass is 16.1. The second-order valence-corrected chi connectivity index (χ2v) is 7.45. The molecule has 2 aromatic rings. The van der Waals surface area contributed by atoms with Crippen LogP contribution in [-0.4, -0.2) is 30.1 Å². The molecule has 7 heteroatoms. The fourth-order valence-corrected chi connectivity index (χ4v) is 3.65. The number of carbonyl (C=O) groups is 1. The van der Waals surface area contributed by atoms with E-state index in [0.717, 1.165) is 54.4 Å². The first-order valence-corrected chi connectivity index (χ1v) is 10.3. The SMILES string of the molecule is CCCCC1Nc2c(N)nc3cc(CCCCCNC(=O)CN)ccc3c2N1. The van der Waals surface area contributed by atoms with Crippen molar-refractivity contribution in [3.8, 4) is 0 Å². The molecule has 1 aromatic carbocycles. The highest BCUT2D eigenvalue weighted by molar-refractivity contribution is 6.03. The van der Waals surface area contributed by atoms with E-state index in [2.05, 4.69) is 46.1 Å². The largest absolute Gasteiger partial charge is 0.382 e. The van der Waals surface area contributed by atoms with E-state index in [0.29, 0.717) is 12.4 Å². The Morgan fingerprint density at radius 3 is 2.79 bits per heavy atom. The van der Waals surface area contributed by atoms with Crippen LogP contribution in [0.25, 0.3) is 10.9 Å². The average molecular weight is 385 g/mol. The van der Waals surface area contributed by atoms with Crippen molar-refractivity contribution in [3.05, 3.63) is 23.8 Å². The second kappa shape index (κ2) is 9.59. The quantitative estimate of drug-likeness (QED) is 0.402. The van der Waals surface area contributed by atoms with Crippen LogP contribution >= 0.6 is 0 Å². The molecule has 152 valence electrons. The molecule has 0 fully saturated rings. The molecule has 1 atom stereocenters. The van der Waals surface area contributed by atoms with Gasteiger partial charge in [0.1, 0.15) is 11.5 Å². The first-order chi connectivity index (χ1) is 13.6. The van der Waals surface area contributed by atoms with Gasteiger partial charge in [0.05, 0.1) is 23.9 Å². The molecule has 0 radical (unpaired) electrons. The van der Waals surface area contributed by atoms with E-state index in [1.807, 2.05) is 0 Å². The molecule has 7 N–H and O–H groups in total. The maximum absolute atomic E-state index is 11.1. The summed E-state index contributed by atoms with van der Waals surface area (Å²) in [5, 5.41) is 11.0. The number of nitrogens with zero attached hydrogens (tertiary/aromatic N) is 1. The molecule has 1 amide bonds. The van der Waals surface area contributed by atoms with Gasteiger partial charge in [-0.25, -0.2) is 4.98 Å². The lowest BCUT2D eigenvalue weighted by atomic mass is 10.0. The topological polar surface area (TPSA) is 118 Å². The number of aryl methyl sites for hydroxylation is 1. The molecule has 0 saturated carbocycles. The van der Waals surface area contributed by atoms with Crippen LogP contribution < -0.4 is 27.4 Å². The predicted octanol–water partition coefficient (Wildman–Crippen LogP) is 2.96. The third kappa shape index (κ3) is 4.84. The fraction of sp³-hybridized carbons (Fsp3) is 0.524. The lowest BCUT2D eigenvalue weighted by molar-refractivity contribution is -0.119. The third-order valence-electron chi connectivity index (χ3n) is 5.21. The van der Waals surface area contributed by atoms with Gasteiger partial charge in [0.25, 0.3) is 0 Å². The van der Waals surface area contributed by atoms with E-state index in [9.17, 15) is 4.79 Å². The number of rotatable bonds is 10. The van der Waals surface area contributed by atoms with Gasteiger partial charge in [-0.2, -0.15) is 0 Å². The van der Waals surface area contributed by atoms with Crippen molar-refractivity contribution in [1.29, 1.82) is 0 Å². The van der Waals surface area contributed by atoms with Crippen molar-refractivity contribution in [3.63, 3.8) is 0 Å². The van der Waals surface area contributed by atoms with Gasteiger partial charge >= 0.3 is 0 Å². The van der Waals surface area contributed by atoms with Crippen LogP contribution in [0, 0.1) is 0 Å². The summed E-state index contributed by atoms with van der Waals surface area (Å²) in [5.74, 6) is 0.465. The first-order valence-electron chi connectivity index (χ1n) is 10.3. The smallest absolute Gasteiger partial charge is 0.233 e. The Balaban J connectivity index is 1.59. The maximum Gasteiger partial charge on any atom is 0.233 e. The average Bonchev–Trinajstić information content (AvgIpc) is 3.13. The standard InChI is InChI=1S/C21H32N6O/c1-2-3-8-17-26-19-15-10-9-14(7-5-4-6-11-24-18(28)13-22)12-16(15)25-21(23)20(19)27-17/h9-10,12,17,26-27H,2-8,11,13,22H2,1H3,(H2,23,25)(H,24,28). The van der Waals surface area contributed by atoms with Crippen molar-refractivity contribution in [2.75, 3.05) is 29.5 Å². The number of pyridine rings is 1. The number of unbranched alkanes of at least 4 members (excludes halogenated alkanes) is 3. The predicted molar refractivity (Wildman–Crippen MR) is 116 cm³/mol. The monoisotopic (exact) mass is 384 g/mol. The van der Waals surface area contributed by atoms with Gasteiger partial charge in [-0.05, 0) is 43.7 Å². The number of anilines is 3. The maximum atomic E-state index is 11.1. The molecule has 0 spiro atoms. The Morgan fingerprint density at radius 2 is 2.00 bits per heavy atom. The molecule has 1 aliphatic rings. The van der Waals surface area contributed by atoms with Crippen LogP contribution in [0.5, 0.6) is 0 Å². The Bertz CT molecular complexity index is 822. The van der Waals surface area contributed by atoms with E-state index in [1.165, 1.54) is 18.4 Å². The summed E-state index contributed by atoms with van der Waals surface area (Å²) in [5.41, 5.74) is 15.7. The van der Waals surface area contributed by atoms with Gasteiger partial charge < -0.3 is 27.4 Å². The molecule has 1 aliphatic heterocycles. The number of nitrogens with two attached hydrogens (primary N) is 2. The number of hydrogen-bond acceptors (Lipinski definition) is 6. The molecule has 1 aromatic heterocycles. The van der Waals surface area contributed by atoms with Crippen LogP contribution in [0.3, 0.4) is 0 Å². The number of benzene rings is 1. The number of nitrogens with one attached hydrogen (secondary N) is 3. The number of aromatic nitrogens is 1. The van der Waals surface area contributed by atoms with Gasteiger partial charge in [0, 0.05) is 11.9 Å². The van der Waals surface area contributed by atoms with E-state index < -0.39 is 0 Å². The first kappa shape index (κ1) is 20.2. The summed E-state index contributed by atoms with van der Waals surface area (Å²) in [6.45, 7) is 2.95. The summed E-state index contributed by atoms with van der Waals surface area (Å²) in [6, 6.07) is 6.47. The normalized spacial score (nSPS) is 15.1. The molecule has 1 unspecified atom stereocenters. The van der Waals surface area contributed by atoms with Gasteiger partial charge in [-0.15, -0.1) is 0 Å². The highest BCUT2D eigenvalue weighted by Gasteiger charge is 2.24. The summed E-state index contributed by atoms with van der Waals surface area (Å²) in [6.07, 6.45) is 7.73. The van der Waals surface area contributed by atoms with Crippen molar-refractivity contribution >= 4 is 34.0 Å². The van der Waals surface area contributed by atoms with E-state index >= 15 is 0 Å². The zero-order valence-electron chi connectivity index (χ0n) is 16.7. The van der Waals surface area contributed by atoms with Crippen molar-refractivity contribution in [2.45, 2.75) is 58.0 Å². The minimum atomic E-state index is -0.0919. The molecule has 28 heavy (non-hydrogen) atoms. The molecular formula is C21H32N6O. The van der Waals surface area contributed by atoms with E-state index in [4.69, 9.17) is 11.5 Å². The summed E-state index contributed by atoms with van der Waals surface area (Å²) in [7, 11) is 0. The lowest BCUT2D eigenvalue weighted by Gasteiger charge is -2.11. The van der Waals surface area contributed by atoms with Gasteiger partial charge in [0.15, 0.2) is 0 Å². The van der Waals surface area contributed by atoms with Crippen LogP contribution in [0.2, 0.25) is 0 Å². The number of fused-ring (bicyclic) bond motifs is 3. The number of carbonyl (C=O) groups excluding carboxylic acids is 1. The van der Waals surface area contributed by atoms with Gasteiger partial charge in [-0.3, -0.25) is 4.79 Å². The van der Waals surface area contributed by atoms with Gasteiger partial charge in [-0.1, -0.05) is 31.9 Å². The highest BCUT2D eigenvalue weighted by Crippen LogP contribution is 2.40. The molecule has 0 bridgehead atoms. The fourth-order valence-electron chi connectivity index (χ4n) is 3.65. The number of nitrogen functional groups attached to an aromatic ring is 1. The minimum Gasteiger partial charge on any atom is -0.382 e. The zero-order chi connectivity index (χ0) is 19.9. The summed E-state index contributed by atoms with van der Waals surface area (Å²) < 4.78 is 0. The van der Waals surface area contributed by atoms with Crippen LogP contribution in [0.15, 0.2) is 18.2 Å². The van der Waals surface area contributed by atoms with Crippen LogP contribution in [0.1, 0.15) is 51.0 Å².